The highest BCUT2D eigenvalue weighted by Gasteiger charge is 2.09. The fourth-order valence-corrected chi connectivity index (χ4v) is 0.978. The predicted octanol–water partition coefficient (Wildman–Crippen LogP) is 2.58. The van der Waals surface area contributed by atoms with Gasteiger partial charge in [-0.15, -0.1) is 0 Å². The summed E-state index contributed by atoms with van der Waals surface area (Å²) in [5, 5.41) is 0. The monoisotopic (exact) mass is 170 g/mol. The molecule has 0 amide bonds. The van der Waals surface area contributed by atoms with Crippen molar-refractivity contribution in [2.24, 2.45) is 16.6 Å². The average Bonchev–Trinajstić information content (AvgIpc) is 1.82. The highest BCUT2D eigenvalue weighted by Crippen LogP contribution is 2.10. The normalized spacial score (nSPS) is 16.2. The van der Waals surface area contributed by atoms with Crippen LogP contribution in [0.15, 0.2) is 4.99 Å². The van der Waals surface area contributed by atoms with Gasteiger partial charge in [0.25, 0.3) is 0 Å². The van der Waals surface area contributed by atoms with Crippen LogP contribution in [0.1, 0.15) is 47.5 Å². The van der Waals surface area contributed by atoms with Gasteiger partial charge >= 0.3 is 0 Å². The summed E-state index contributed by atoms with van der Waals surface area (Å²) < 4.78 is 0. The van der Waals surface area contributed by atoms with Crippen molar-refractivity contribution >= 4 is 5.84 Å². The summed E-state index contributed by atoms with van der Waals surface area (Å²) in [5.41, 5.74) is 5.76. The molecule has 12 heavy (non-hydrogen) atoms. The smallest absolute Gasteiger partial charge is 0.0946 e. The van der Waals surface area contributed by atoms with Crippen molar-refractivity contribution in [3.05, 3.63) is 0 Å². The molecule has 0 aliphatic carbocycles. The molecule has 0 rings (SSSR count). The Morgan fingerprint density at radius 1 is 1.42 bits per heavy atom. The average molecular weight is 170 g/mol. The molecule has 0 spiro atoms. The van der Waals surface area contributed by atoms with Gasteiger partial charge in [0.05, 0.1) is 11.4 Å². The third-order valence-corrected chi connectivity index (χ3v) is 1.73. The predicted molar refractivity (Wildman–Crippen MR) is 55.4 cm³/mol. The molecule has 0 bridgehead atoms. The van der Waals surface area contributed by atoms with Crippen LogP contribution >= 0.6 is 0 Å². The van der Waals surface area contributed by atoms with E-state index in [0.29, 0.717) is 5.92 Å². The lowest BCUT2D eigenvalue weighted by atomic mass is 10.0. The van der Waals surface area contributed by atoms with Crippen molar-refractivity contribution < 1.29 is 0 Å². The lowest BCUT2D eigenvalue weighted by Gasteiger charge is -2.15. The van der Waals surface area contributed by atoms with E-state index >= 15 is 0 Å². The maximum absolute atomic E-state index is 5.79. The van der Waals surface area contributed by atoms with Gasteiger partial charge in [0, 0.05) is 6.42 Å². The quantitative estimate of drug-likeness (QED) is 0.513. The molecule has 0 heterocycles. The molecular weight excluding hydrogens is 148 g/mol. The number of nitrogens with zero attached hydrogens (tertiary/aromatic N) is 1. The number of rotatable bonds is 3. The largest absolute Gasteiger partial charge is 0.387 e. The second-order valence-electron chi connectivity index (χ2n) is 4.49. The molecule has 2 N–H and O–H groups in total. The highest BCUT2D eigenvalue weighted by molar-refractivity contribution is 5.80. The number of nitrogens with two attached hydrogens (primary N) is 1. The van der Waals surface area contributed by atoms with E-state index in [1.54, 1.807) is 0 Å². The Hall–Kier alpha value is -0.530. The molecule has 72 valence electrons. The first kappa shape index (κ1) is 11.5. The summed E-state index contributed by atoms with van der Waals surface area (Å²) in [5.74, 6) is 1.44. The highest BCUT2D eigenvalue weighted by atomic mass is 14.9. The van der Waals surface area contributed by atoms with Gasteiger partial charge < -0.3 is 5.73 Å². The Morgan fingerprint density at radius 3 is 2.25 bits per heavy atom. The minimum absolute atomic E-state index is 0.0302. The molecule has 0 saturated carbocycles. The minimum atomic E-state index is -0.0302. The van der Waals surface area contributed by atoms with E-state index < -0.39 is 0 Å². The molecule has 0 radical (unpaired) electrons. The molecule has 0 aromatic heterocycles. The first-order valence-corrected chi connectivity index (χ1v) is 4.69. The van der Waals surface area contributed by atoms with Crippen molar-refractivity contribution in [2.75, 3.05) is 0 Å². The van der Waals surface area contributed by atoms with Gasteiger partial charge in [-0.2, -0.15) is 0 Å². The molecule has 0 fully saturated rings. The maximum atomic E-state index is 5.79. The van der Waals surface area contributed by atoms with Crippen LogP contribution in [0.2, 0.25) is 0 Å². The zero-order valence-corrected chi connectivity index (χ0v) is 9.02. The van der Waals surface area contributed by atoms with Crippen LogP contribution in [0.25, 0.3) is 0 Å². The second-order valence-corrected chi connectivity index (χ2v) is 4.49. The SMILES string of the molecule is CCC(C)CC(N)=NC(C)(C)C. The Labute approximate surface area is 76.3 Å². The Kier molecular flexibility index (Phi) is 4.29. The number of amidine groups is 1. The van der Waals surface area contributed by atoms with Gasteiger partial charge in [-0.25, -0.2) is 0 Å². The van der Waals surface area contributed by atoms with Gasteiger partial charge in [0.1, 0.15) is 0 Å². The van der Waals surface area contributed by atoms with E-state index in [1.165, 1.54) is 6.42 Å². The summed E-state index contributed by atoms with van der Waals surface area (Å²) in [6.45, 7) is 10.6. The molecule has 0 aromatic carbocycles. The van der Waals surface area contributed by atoms with Crippen LogP contribution < -0.4 is 5.73 Å². The van der Waals surface area contributed by atoms with Crippen LogP contribution in [0, 0.1) is 5.92 Å². The van der Waals surface area contributed by atoms with Crippen molar-refractivity contribution in [1.29, 1.82) is 0 Å². The fourth-order valence-electron chi connectivity index (χ4n) is 0.978. The second kappa shape index (κ2) is 4.48. The molecule has 1 unspecified atom stereocenters. The molecule has 1 atom stereocenters. The third-order valence-electron chi connectivity index (χ3n) is 1.73. The molecule has 0 aliphatic heterocycles. The van der Waals surface area contributed by atoms with Gasteiger partial charge in [0.15, 0.2) is 0 Å². The summed E-state index contributed by atoms with van der Waals surface area (Å²) >= 11 is 0. The van der Waals surface area contributed by atoms with Crippen molar-refractivity contribution in [3.8, 4) is 0 Å². The van der Waals surface area contributed by atoms with Crippen LogP contribution in [-0.4, -0.2) is 11.4 Å². The van der Waals surface area contributed by atoms with Crippen molar-refractivity contribution in [2.45, 2.75) is 53.0 Å². The first-order valence-electron chi connectivity index (χ1n) is 4.69. The topological polar surface area (TPSA) is 38.4 Å². The van der Waals surface area contributed by atoms with E-state index in [4.69, 9.17) is 5.73 Å². The van der Waals surface area contributed by atoms with E-state index in [1.807, 2.05) is 0 Å². The van der Waals surface area contributed by atoms with Crippen LogP contribution in [-0.2, 0) is 0 Å². The standard InChI is InChI=1S/C10H22N2/c1-6-8(2)7-9(11)12-10(3,4)5/h8H,6-7H2,1-5H3,(H2,11,12). The van der Waals surface area contributed by atoms with Gasteiger partial charge in [-0.1, -0.05) is 20.3 Å². The fraction of sp³-hybridized carbons (Fsp3) is 0.900. The summed E-state index contributed by atoms with van der Waals surface area (Å²) in [6, 6.07) is 0. The Balaban J connectivity index is 4.03. The van der Waals surface area contributed by atoms with Gasteiger partial charge in [-0.3, -0.25) is 4.99 Å². The Morgan fingerprint density at radius 2 is 1.92 bits per heavy atom. The van der Waals surface area contributed by atoms with Gasteiger partial charge in [-0.05, 0) is 26.7 Å². The molecule has 2 heteroatoms. The van der Waals surface area contributed by atoms with Crippen LogP contribution in [0.5, 0.6) is 0 Å². The zero-order valence-electron chi connectivity index (χ0n) is 9.02. The summed E-state index contributed by atoms with van der Waals surface area (Å²) in [4.78, 5) is 4.39. The maximum Gasteiger partial charge on any atom is 0.0946 e. The number of hydrogen-bond donors (Lipinski definition) is 1. The number of aliphatic imine (C=N–C) groups is 1. The van der Waals surface area contributed by atoms with E-state index in [-0.39, 0.29) is 5.54 Å². The van der Waals surface area contributed by atoms with E-state index in [0.717, 1.165) is 12.3 Å². The minimum Gasteiger partial charge on any atom is -0.387 e. The van der Waals surface area contributed by atoms with E-state index in [9.17, 15) is 0 Å². The van der Waals surface area contributed by atoms with Crippen LogP contribution in [0.4, 0.5) is 0 Å². The van der Waals surface area contributed by atoms with Crippen molar-refractivity contribution in [1.82, 2.24) is 0 Å². The van der Waals surface area contributed by atoms with Gasteiger partial charge in [0.2, 0.25) is 0 Å². The molecule has 0 aromatic rings. The lowest BCUT2D eigenvalue weighted by Crippen LogP contribution is -2.22. The molecule has 0 aliphatic rings. The molecule has 2 nitrogen and oxygen atoms in total. The van der Waals surface area contributed by atoms with Crippen LogP contribution in [0.3, 0.4) is 0 Å². The lowest BCUT2D eigenvalue weighted by molar-refractivity contribution is 0.556. The number of hydrogen-bond acceptors (Lipinski definition) is 1. The third kappa shape index (κ3) is 6.20. The van der Waals surface area contributed by atoms with E-state index in [2.05, 4.69) is 39.6 Å². The first-order chi connectivity index (χ1) is 5.35. The Bertz CT molecular complexity index is 154. The van der Waals surface area contributed by atoms with Crippen molar-refractivity contribution in [3.63, 3.8) is 0 Å². The molecule has 0 saturated heterocycles. The summed E-state index contributed by atoms with van der Waals surface area (Å²) in [6.07, 6.45) is 2.09. The summed E-state index contributed by atoms with van der Waals surface area (Å²) in [7, 11) is 0. The molecular formula is C10H22N2. The zero-order chi connectivity index (χ0) is 9.78.